The van der Waals surface area contributed by atoms with Crippen LogP contribution in [-0.4, -0.2) is 39.0 Å². The molecule has 0 saturated heterocycles. The highest BCUT2D eigenvalue weighted by Gasteiger charge is 2.17. The lowest BCUT2D eigenvalue weighted by Gasteiger charge is -2.14. The summed E-state index contributed by atoms with van der Waals surface area (Å²) in [5.41, 5.74) is 2.74. The molecule has 0 aromatic heterocycles. The van der Waals surface area contributed by atoms with Gasteiger partial charge in [-0.25, -0.2) is 4.79 Å². The van der Waals surface area contributed by atoms with E-state index in [0.29, 0.717) is 45.5 Å². The van der Waals surface area contributed by atoms with E-state index in [9.17, 15) is 9.59 Å². The number of anilines is 2. The van der Waals surface area contributed by atoms with Crippen LogP contribution in [0, 0.1) is 0 Å². The molecule has 0 bridgehead atoms. The molecule has 9 heteroatoms. The van der Waals surface area contributed by atoms with Gasteiger partial charge in [-0.15, -0.1) is 0 Å². The standard InChI is InChI=1S/C29H27N3O6/c1-18(32-38-29(34)31-24-11-7-9-20-8-5-6-10-23(20)24)19-12-14-22(15-13-19)30-28(33)21-16-25(35-2)27(37-4)26(17-21)36-3/h5-17H,1-4H3,(H,30,33)(H,31,34)/b32-18+. The van der Waals surface area contributed by atoms with Crippen molar-refractivity contribution in [2.75, 3.05) is 32.0 Å². The predicted molar refractivity (Wildman–Crippen MR) is 147 cm³/mol. The lowest BCUT2D eigenvalue weighted by atomic mass is 10.1. The average Bonchev–Trinajstić information content (AvgIpc) is 2.95. The highest BCUT2D eigenvalue weighted by Crippen LogP contribution is 2.38. The zero-order chi connectivity index (χ0) is 27.1. The summed E-state index contributed by atoms with van der Waals surface area (Å²) < 4.78 is 15.9. The molecule has 2 amide bonds. The van der Waals surface area contributed by atoms with Gasteiger partial charge in [0.1, 0.15) is 0 Å². The fraction of sp³-hybridized carbons (Fsp3) is 0.138. The molecule has 9 nitrogen and oxygen atoms in total. The maximum absolute atomic E-state index is 12.8. The first-order valence-corrected chi connectivity index (χ1v) is 11.7. The number of nitrogens with zero attached hydrogens (tertiary/aromatic N) is 1. The highest BCUT2D eigenvalue weighted by molar-refractivity contribution is 6.06. The Morgan fingerprint density at radius 1 is 0.737 bits per heavy atom. The second-order valence-corrected chi connectivity index (χ2v) is 8.15. The number of methoxy groups -OCH3 is 3. The summed E-state index contributed by atoms with van der Waals surface area (Å²) in [6, 6.07) is 23.4. The summed E-state index contributed by atoms with van der Waals surface area (Å²) in [7, 11) is 4.46. The Bertz CT molecular complexity index is 1470. The second-order valence-electron chi connectivity index (χ2n) is 8.15. The van der Waals surface area contributed by atoms with Crippen molar-refractivity contribution in [2.24, 2.45) is 5.16 Å². The lowest BCUT2D eigenvalue weighted by molar-refractivity contribution is 0.102. The monoisotopic (exact) mass is 513 g/mol. The molecule has 194 valence electrons. The summed E-state index contributed by atoms with van der Waals surface area (Å²) in [4.78, 5) is 30.2. The van der Waals surface area contributed by atoms with Crippen LogP contribution in [-0.2, 0) is 4.84 Å². The van der Waals surface area contributed by atoms with E-state index < -0.39 is 6.09 Å². The third-order valence-electron chi connectivity index (χ3n) is 5.78. The Labute approximate surface area is 220 Å². The smallest absolute Gasteiger partial charge is 0.437 e. The van der Waals surface area contributed by atoms with Crippen LogP contribution in [0.3, 0.4) is 0 Å². The summed E-state index contributed by atoms with van der Waals surface area (Å²) in [5, 5.41) is 11.4. The molecule has 2 N–H and O–H groups in total. The number of benzene rings is 4. The summed E-state index contributed by atoms with van der Waals surface area (Å²) in [5.74, 6) is 0.807. The minimum absolute atomic E-state index is 0.340. The van der Waals surface area contributed by atoms with Gasteiger partial charge in [-0.1, -0.05) is 53.7 Å². The molecule has 0 heterocycles. The quantitative estimate of drug-likeness (QED) is 0.168. The van der Waals surface area contributed by atoms with E-state index in [4.69, 9.17) is 19.0 Å². The van der Waals surface area contributed by atoms with Crippen molar-refractivity contribution in [1.82, 2.24) is 0 Å². The van der Waals surface area contributed by atoms with E-state index in [2.05, 4.69) is 15.8 Å². The molecule has 0 aliphatic carbocycles. The number of rotatable bonds is 8. The minimum Gasteiger partial charge on any atom is -0.493 e. The molecule has 0 spiro atoms. The summed E-state index contributed by atoms with van der Waals surface area (Å²) in [6.07, 6.45) is -0.699. The number of hydrogen-bond acceptors (Lipinski definition) is 7. The van der Waals surface area contributed by atoms with Gasteiger partial charge in [0.05, 0.1) is 32.7 Å². The van der Waals surface area contributed by atoms with E-state index in [1.165, 1.54) is 21.3 Å². The molecule has 4 aromatic carbocycles. The largest absolute Gasteiger partial charge is 0.493 e. The molecular formula is C29H27N3O6. The fourth-order valence-corrected chi connectivity index (χ4v) is 3.84. The first kappa shape index (κ1) is 26.0. The van der Waals surface area contributed by atoms with Gasteiger partial charge in [0.25, 0.3) is 5.91 Å². The van der Waals surface area contributed by atoms with Gasteiger partial charge in [-0.2, -0.15) is 0 Å². The van der Waals surface area contributed by atoms with Crippen molar-refractivity contribution in [1.29, 1.82) is 0 Å². The highest BCUT2D eigenvalue weighted by atomic mass is 16.7. The Hall–Kier alpha value is -5.05. The lowest BCUT2D eigenvalue weighted by Crippen LogP contribution is -2.13. The fourth-order valence-electron chi connectivity index (χ4n) is 3.84. The average molecular weight is 514 g/mol. The van der Waals surface area contributed by atoms with Crippen LogP contribution >= 0.6 is 0 Å². The number of carbonyl (C=O) groups is 2. The molecule has 0 unspecified atom stereocenters. The minimum atomic E-state index is -0.699. The predicted octanol–water partition coefficient (Wildman–Crippen LogP) is 6.09. The van der Waals surface area contributed by atoms with E-state index in [-0.39, 0.29) is 5.91 Å². The second kappa shape index (κ2) is 11.8. The van der Waals surface area contributed by atoms with Crippen molar-refractivity contribution >= 4 is 39.9 Å². The molecule has 0 radical (unpaired) electrons. The molecule has 0 aliphatic rings. The molecule has 0 atom stereocenters. The van der Waals surface area contributed by atoms with Gasteiger partial charge in [0.15, 0.2) is 11.5 Å². The molecule has 0 saturated carbocycles. The Kier molecular flexibility index (Phi) is 8.07. The topological polar surface area (TPSA) is 107 Å². The number of fused-ring (bicyclic) bond motifs is 1. The van der Waals surface area contributed by atoms with Gasteiger partial charge in [0.2, 0.25) is 5.75 Å². The maximum atomic E-state index is 12.8. The van der Waals surface area contributed by atoms with Crippen LogP contribution in [0.4, 0.5) is 16.2 Å². The van der Waals surface area contributed by atoms with Crippen LogP contribution in [0.2, 0.25) is 0 Å². The third kappa shape index (κ3) is 5.84. The number of oxime groups is 1. The molecule has 0 fully saturated rings. The molecule has 4 rings (SSSR count). The van der Waals surface area contributed by atoms with Crippen LogP contribution in [0.1, 0.15) is 22.8 Å². The Balaban J connectivity index is 1.40. The number of carbonyl (C=O) groups excluding carboxylic acids is 2. The Morgan fingerprint density at radius 2 is 1.39 bits per heavy atom. The molecule has 38 heavy (non-hydrogen) atoms. The van der Waals surface area contributed by atoms with Gasteiger partial charge in [-0.05, 0) is 48.2 Å². The first-order valence-electron chi connectivity index (χ1n) is 11.7. The molecule has 4 aromatic rings. The summed E-state index contributed by atoms with van der Waals surface area (Å²) >= 11 is 0. The number of amides is 2. The number of nitrogens with one attached hydrogen (secondary N) is 2. The van der Waals surface area contributed by atoms with Gasteiger partial charge in [-0.3, -0.25) is 14.9 Å². The Morgan fingerprint density at radius 3 is 2.05 bits per heavy atom. The van der Waals surface area contributed by atoms with Crippen molar-refractivity contribution in [3.63, 3.8) is 0 Å². The summed E-state index contributed by atoms with van der Waals surface area (Å²) in [6.45, 7) is 1.72. The normalized spacial score (nSPS) is 11.0. The zero-order valence-corrected chi connectivity index (χ0v) is 21.4. The van der Waals surface area contributed by atoms with Gasteiger partial charge >= 0.3 is 6.09 Å². The van der Waals surface area contributed by atoms with Crippen LogP contribution in [0.15, 0.2) is 84.0 Å². The van der Waals surface area contributed by atoms with Crippen molar-refractivity contribution < 1.29 is 28.6 Å². The SMILES string of the molecule is COc1cc(C(=O)Nc2ccc(/C(C)=N/OC(=O)Nc3cccc4ccccc34)cc2)cc(OC)c1OC. The first-order chi connectivity index (χ1) is 18.4. The number of ether oxygens (including phenoxy) is 3. The van der Waals surface area contributed by atoms with Crippen LogP contribution in [0.25, 0.3) is 10.8 Å². The van der Waals surface area contributed by atoms with Crippen LogP contribution < -0.4 is 24.8 Å². The maximum Gasteiger partial charge on any atom is 0.437 e. The molecule has 0 aliphatic heterocycles. The van der Waals surface area contributed by atoms with Crippen molar-refractivity contribution in [3.8, 4) is 17.2 Å². The van der Waals surface area contributed by atoms with Crippen LogP contribution in [0.5, 0.6) is 17.2 Å². The van der Waals surface area contributed by atoms with E-state index in [1.54, 1.807) is 49.4 Å². The third-order valence-corrected chi connectivity index (χ3v) is 5.78. The molecular weight excluding hydrogens is 486 g/mol. The van der Waals surface area contributed by atoms with E-state index in [1.807, 2.05) is 36.4 Å². The van der Waals surface area contributed by atoms with Gasteiger partial charge in [0, 0.05) is 16.6 Å². The van der Waals surface area contributed by atoms with Gasteiger partial charge < -0.3 is 19.5 Å². The van der Waals surface area contributed by atoms with Crippen molar-refractivity contribution in [3.05, 3.63) is 90.0 Å². The van der Waals surface area contributed by atoms with E-state index in [0.717, 1.165) is 10.8 Å². The zero-order valence-electron chi connectivity index (χ0n) is 21.4. The van der Waals surface area contributed by atoms with E-state index >= 15 is 0 Å². The number of hydrogen-bond donors (Lipinski definition) is 2. The van der Waals surface area contributed by atoms with Crippen molar-refractivity contribution in [2.45, 2.75) is 6.92 Å².